The van der Waals surface area contributed by atoms with Gasteiger partial charge in [-0.1, -0.05) is 0 Å². The average molecular weight is 251 g/mol. The van der Waals surface area contributed by atoms with Gasteiger partial charge in [0.15, 0.2) is 0 Å². The lowest BCUT2D eigenvalue weighted by atomic mass is 10.2. The zero-order chi connectivity index (χ0) is 12.1. The summed E-state index contributed by atoms with van der Waals surface area (Å²) in [6.07, 6.45) is 0. The van der Waals surface area contributed by atoms with Gasteiger partial charge < -0.3 is 14.6 Å². The quantitative estimate of drug-likeness (QED) is 0.885. The van der Waals surface area contributed by atoms with E-state index in [4.69, 9.17) is 9.47 Å². The lowest BCUT2D eigenvalue weighted by molar-refractivity contribution is 0.256. The van der Waals surface area contributed by atoms with Gasteiger partial charge in [0.25, 0.3) is 0 Å². The third-order valence-electron chi connectivity index (χ3n) is 2.30. The first-order valence-corrected chi connectivity index (χ1v) is 6.05. The van der Waals surface area contributed by atoms with Gasteiger partial charge in [-0.25, -0.2) is 4.98 Å². The number of benzene rings is 1. The molecule has 4 nitrogen and oxygen atoms in total. The van der Waals surface area contributed by atoms with E-state index in [0.29, 0.717) is 18.1 Å². The molecular formula is C12H13NO3S. The molecule has 0 aliphatic carbocycles. The first-order chi connectivity index (χ1) is 8.33. The summed E-state index contributed by atoms with van der Waals surface area (Å²) in [7, 11) is 1.60. The van der Waals surface area contributed by atoms with E-state index >= 15 is 0 Å². The monoisotopic (exact) mass is 251 g/mol. The Balaban J connectivity index is 2.12. The average Bonchev–Trinajstić information content (AvgIpc) is 2.89. The molecule has 1 aromatic carbocycles. The molecule has 0 radical (unpaired) electrons. The standard InChI is InChI=1S/C12H13NO3S/c1-15-11-3-2-9(5-14)12(4-11)16-6-10-7-17-8-13-10/h2-4,7-8,14H,5-6H2,1H3. The second-order valence-corrected chi connectivity index (χ2v) is 4.12. The smallest absolute Gasteiger partial charge is 0.131 e. The molecule has 0 saturated heterocycles. The van der Waals surface area contributed by atoms with E-state index in [0.717, 1.165) is 11.3 Å². The molecule has 0 spiro atoms. The number of aliphatic hydroxyl groups is 1. The van der Waals surface area contributed by atoms with Crippen LogP contribution in [-0.4, -0.2) is 17.2 Å². The van der Waals surface area contributed by atoms with Gasteiger partial charge >= 0.3 is 0 Å². The molecular weight excluding hydrogens is 238 g/mol. The Morgan fingerprint density at radius 3 is 2.94 bits per heavy atom. The van der Waals surface area contributed by atoms with E-state index in [1.807, 2.05) is 5.38 Å². The van der Waals surface area contributed by atoms with Crippen molar-refractivity contribution in [2.45, 2.75) is 13.2 Å². The molecule has 17 heavy (non-hydrogen) atoms. The van der Waals surface area contributed by atoms with Gasteiger partial charge in [0, 0.05) is 17.0 Å². The fourth-order valence-electron chi connectivity index (χ4n) is 1.39. The van der Waals surface area contributed by atoms with Crippen molar-refractivity contribution in [1.82, 2.24) is 4.98 Å². The van der Waals surface area contributed by atoms with Crippen LogP contribution >= 0.6 is 11.3 Å². The molecule has 0 fully saturated rings. The minimum atomic E-state index is -0.0591. The molecule has 0 saturated carbocycles. The lowest BCUT2D eigenvalue weighted by Crippen LogP contribution is -1.99. The number of hydrogen-bond donors (Lipinski definition) is 1. The fourth-order valence-corrected chi connectivity index (χ4v) is 1.93. The number of aliphatic hydroxyl groups excluding tert-OH is 1. The summed E-state index contributed by atoms with van der Waals surface area (Å²) < 4.78 is 10.7. The summed E-state index contributed by atoms with van der Waals surface area (Å²) in [5.41, 5.74) is 3.37. The maximum absolute atomic E-state index is 9.20. The molecule has 0 bridgehead atoms. The van der Waals surface area contributed by atoms with E-state index in [1.165, 1.54) is 11.3 Å². The van der Waals surface area contributed by atoms with Crippen LogP contribution in [0.25, 0.3) is 0 Å². The van der Waals surface area contributed by atoms with Gasteiger partial charge in [0.05, 0.1) is 24.9 Å². The highest BCUT2D eigenvalue weighted by atomic mass is 32.1. The van der Waals surface area contributed by atoms with E-state index < -0.39 is 0 Å². The van der Waals surface area contributed by atoms with E-state index in [9.17, 15) is 5.11 Å². The topological polar surface area (TPSA) is 51.6 Å². The molecule has 2 aromatic rings. The van der Waals surface area contributed by atoms with Crippen LogP contribution in [-0.2, 0) is 13.2 Å². The van der Waals surface area contributed by atoms with Crippen molar-refractivity contribution in [3.63, 3.8) is 0 Å². The number of thiazole rings is 1. The van der Waals surface area contributed by atoms with Crippen molar-refractivity contribution in [2.24, 2.45) is 0 Å². The predicted octanol–water partition coefficient (Wildman–Crippen LogP) is 2.22. The zero-order valence-corrected chi connectivity index (χ0v) is 10.2. The molecule has 5 heteroatoms. The number of hydrogen-bond acceptors (Lipinski definition) is 5. The molecule has 0 amide bonds. The Kier molecular flexibility index (Phi) is 3.95. The summed E-state index contributed by atoms with van der Waals surface area (Å²) in [5.74, 6) is 1.33. The Morgan fingerprint density at radius 2 is 2.29 bits per heavy atom. The van der Waals surface area contributed by atoms with Gasteiger partial charge in [-0.2, -0.15) is 0 Å². The highest BCUT2D eigenvalue weighted by Crippen LogP contribution is 2.25. The molecule has 0 unspecified atom stereocenters. The molecule has 0 atom stereocenters. The van der Waals surface area contributed by atoms with Crippen LogP contribution in [0.3, 0.4) is 0 Å². The molecule has 1 aromatic heterocycles. The van der Waals surface area contributed by atoms with Crippen molar-refractivity contribution in [3.05, 3.63) is 40.3 Å². The number of rotatable bonds is 5. The van der Waals surface area contributed by atoms with Crippen molar-refractivity contribution in [1.29, 1.82) is 0 Å². The highest BCUT2D eigenvalue weighted by molar-refractivity contribution is 7.07. The molecule has 2 rings (SSSR count). The summed E-state index contributed by atoms with van der Waals surface area (Å²) in [6, 6.07) is 5.34. The van der Waals surface area contributed by atoms with Crippen LogP contribution in [0.5, 0.6) is 11.5 Å². The van der Waals surface area contributed by atoms with Crippen LogP contribution in [0.1, 0.15) is 11.3 Å². The number of aromatic nitrogens is 1. The number of ether oxygens (including phenoxy) is 2. The largest absolute Gasteiger partial charge is 0.497 e. The van der Waals surface area contributed by atoms with Crippen LogP contribution in [0.15, 0.2) is 29.1 Å². The van der Waals surface area contributed by atoms with Gasteiger partial charge in [-0.3, -0.25) is 0 Å². The summed E-state index contributed by atoms with van der Waals surface area (Å²) in [5, 5.41) is 11.1. The fraction of sp³-hybridized carbons (Fsp3) is 0.250. The number of nitrogens with zero attached hydrogens (tertiary/aromatic N) is 1. The summed E-state index contributed by atoms with van der Waals surface area (Å²) in [4.78, 5) is 4.13. The summed E-state index contributed by atoms with van der Waals surface area (Å²) >= 11 is 1.53. The lowest BCUT2D eigenvalue weighted by Gasteiger charge is -2.10. The van der Waals surface area contributed by atoms with Crippen molar-refractivity contribution in [2.75, 3.05) is 7.11 Å². The SMILES string of the molecule is COc1ccc(CO)c(OCc2cscn2)c1. The zero-order valence-electron chi connectivity index (χ0n) is 9.42. The van der Waals surface area contributed by atoms with Crippen molar-refractivity contribution >= 4 is 11.3 Å². The molecule has 1 N–H and O–H groups in total. The van der Waals surface area contributed by atoms with Gasteiger partial charge in [-0.15, -0.1) is 11.3 Å². The second-order valence-electron chi connectivity index (χ2n) is 3.40. The first kappa shape index (κ1) is 11.9. The van der Waals surface area contributed by atoms with E-state index in [2.05, 4.69) is 4.98 Å². The Bertz CT molecular complexity index is 471. The Morgan fingerprint density at radius 1 is 1.41 bits per heavy atom. The predicted molar refractivity (Wildman–Crippen MR) is 65.4 cm³/mol. The maximum Gasteiger partial charge on any atom is 0.131 e. The minimum absolute atomic E-state index is 0.0591. The van der Waals surface area contributed by atoms with Gasteiger partial charge in [-0.05, 0) is 12.1 Å². The van der Waals surface area contributed by atoms with Crippen LogP contribution in [0.2, 0.25) is 0 Å². The normalized spacial score (nSPS) is 10.2. The van der Waals surface area contributed by atoms with Crippen LogP contribution in [0.4, 0.5) is 0 Å². The Labute approximate surface area is 103 Å². The van der Waals surface area contributed by atoms with Gasteiger partial charge in [0.2, 0.25) is 0 Å². The summed E-state index contributed by atoms with van der Waals surface area (Å²) in [6.45, 7) is 0.333. The third kappa shape index (κ3) is 2.95. The Hall–Kier alpha value is -1.59. The van der Waals surface area contributed by atoms with E-state index in [1.54, 1.807) is 30.8 Å². The van der Waals surface area contributed by atoms with Gasteiger partial charge in [0.1, 0.15) is 18.1 Å². The highest BCUT2D eigenvalue weighted by Gasteiger charge is 2.06. The molecule has 90 valence electrons. The maximum atomic E-state index is 9.20. The van der Waals surface area contributed by atoms with Crippen LogP contribution < -0.4 is 9.47 Å². The molecule has 1 heterocycles. The second kappa shape index (κ2) is 5.65. The van der Waals surface area contributed by atoms with Crippen molar-refractivity contribution in [3.8, 4) is 11.5 Å². The molecule has 0 aliphatic heterocycles. The third-order valence-corrected chi connectivity index (χ3v) is 2.94. The van der Waals surface area contributed by atoms with Crippen molar-refractivity contribution < 1.29 is 14.6 Å². The first-order valence-electron chi connectivity index (χ1n) is 5.11. The van der Waals surface area contributed by atoms with E-state index in [-0.39, 0.29) is 6.61 Å². The number of methoxy groups -OCH3 is 1. The molecule has 0 aliphatic rings. The van der Waals surface area contributed by atoms with Crippen LogP contribution in [0, 0.1) is 0 Å². The minimum Gasteiger partial charge on any atom is -0.497 e.